The molecule has 0 unspecified atom stereocenters. The van der Waals surface area contributed by atoms with E-state index in [0.717, 1.165) is 0 Å². The molecule has 1 N–H and O–H groups in total. The number of H-pyrrole nitrogens is 1. The first kappa shape index (κ1) is 12.6. The molecule has 4 aromatic rings. The van der Waals surface area contributed by atoms with Crippen molar-refractivity contribution in [3.63, 3.8) is 0 Å². The summed E-state index contributed by atoms with van der Waals surface area (Å²) in [6.07, 6.45) is 3.97. The molecular weight excluding hydrogens is 476 g/mol. The minimum absolute atomic E-state index is 0.192. The van der Waals surface area contributed by atoms with Crippen LogP contribution in [-0.4, -0.2) is 13.0 Å². The van der Waals surface area contributed by atoms with E-state index in [0.29, 0.717) is 0 Å². The minimum atomic E-state index is -0.192. The number of halogens is 2. The molecule has 0 aliphatic heterocycles. The third-order valence-electron chi connectivity index (χ3n) is 3.24. The summed E-state index contributed by atoms with van der Waals surface area (Å²) in [5.74, 6) is 0. The quantitative estimate of drug-likeness (QED) is 0.419. The van der Waals surface area contributed by atoms with Crippen LogP contribution >= 0.6 is 22.9 Å². The van der Waals surface area contributed by atoms with Crippen molar-refractivity contribution in [2.75, 3.05) is 0 Å². The average molecular weight is 486 g/mol. The summed E-state index contributed by atoms with van der Waals surface area (Å²) < 4.78 is 4.76. The molecular formula is C15H10I2N3-. The van der Waals surface area contributed by atoms with Crippen molar-refractivity contribution in [1.82, 2.24) is 13.0 Å². The molecule has 0 fully saturated rings. The van der Waals surface area contributed by atoms with E-state index in [9.17, 15) is 0 Å². The Bertz CT molecular complexity index is 908. The van der Waals surface area contributed by atoms with Crippen molar-refractivity contribution in [3.8, 4) is 0 Å². The zero-order valence-corrected chi connectivity index (χ0v) is 14.7. The van der Waals surface area contributed by atoms with Gasteiger partial charge in [0.25, 0.3) is 0 Å². The molecule has 0 amide bonds. The molecule has 0 bridgehead atoms. The van der Waals surface area contributed by atoms with Gasteiger partial charge in [-0.25, -0.2) is 0 Å². The molecule has 0 aliphatic carbocycles. The molecule has 2 aromatic carbocycles. The molecule has 2 aromatic heterocycles. The van der Waals surface area contributed by atoms with Crippen molar-refractivity contribution in [3.05, 3.63) is 62.0 Å². The second-order valence-corrected chi connectivity index (χ2v) is 8.34. The van der Waals surface area contributed by atoms with Crippen LogP contribution in [0.5, 0.6) is 0 Å². The number of nitrogens with zero attached hydrogens (tertiary/aromatic N) is 2. The predicted octanol–water partition coefficient (Wildman–Crippen LogP) is 0.844. The van der Waals surface area contributed by atoms with Gasteiger partial charge >= 0.3 is 141 Å². The maximum absolute atomic E-state index is 4.35. The summed E-state index contributed by atoms with van der Waals surface area (Å²) in [4.78, 5) is 3.29. The predicted molar refractivity (Wildman–Crippen MR) is 84.8 cm³/mol. The van der Waals surface area contributed by atoms with Gasteiger partial charge in [-0.2, -0.15) is 0 Å². The van der Waals surface area contributed by atoms with Crippen LogP contribution in [0.4, 0.5) is 0 Å². The van der Waals surface area contributed by atoms with E-state index in [2.05, 4.69) is 75.4 Å². The van der Waals surface area contributed by atoms with Crippen LogP contribution in [0.1, 0.15) is 0 Å². The zero-order chi connectivity index (χ0) is 13.5. The number of benzene rings is 2. The Hall–Kier alpha value is -1.09. The molecule has 0 saturated carbocycles. The molecule has 100 valence electrons. The monoisotopic (exact) mass is 486 g/mol. The number of nitrogens with one attached hydrogen (secondary N) is 1. The van der Waals surface area contributed by atoms with Gasteiger partial charge in [0.15, 0.2) is 0 Å². The van der Waals surface area contributed by atoms with Gasteiger partial charge < -0.3 is 0 Å². The van der Waals surface area contributed by atoms with Crippen LogP contribution in [0.2, 0.25) is 0 Å². The van der Waals surface area contributed by atoms with Crippen LogP contribution in [-0.2, 0) is 0 Å². The standard InChI is InChI=1S/C15H10I2N3/c16-20-15-3-1-2-13(12(15)9-19-20)17-11-5-4-10-6-7-18-14(10)8-11/h1-9,18H/q-1. The number of aromatic nitrogens is 3. The van der Waals surface area contributed by atoms with Gasteiger partial charge in [-0.1, -0.05) is 0 Å². The number of hydrogen-bond donors (Lipinski definition) is 1. The second-order valence-electron chi connectivity index (χ2n) is 4.48. The van der Waals surface area contributed by atoms with Crippen LogP contribution in [0.3, 0.4) is 0 Å². The van der Waals surface area contributed by atoms with Gasteiger partial charge in [0.05, 0.1) is 0 Å². The van der Waals surface area contributed by atoms with Gasteiger partial charge in [0.1, 0.15) is 0 Å². The molecule has 5 heteroatoms. The van der Waals surface area contributed by atoms with Crippen molar-refractivity contribution in [1.29, 1.82) is 0 Å². The normalized spacial score (nSPS) is 11.7. The van der Waals surface area contributed by atoms with Crippen LogP contribution in [0, 0.1) is 7.14 Å². The van der Waals surface area contributed by atoms with Gasteiger partial charge in [0.2, 0.25) is 0 Å². The third kappa shape index (κ3) is 2.12. The van der Waals surface area contributed by atoms with Gasteiger partial charge in [-0.3, -0.25) is 0 Å². The Kier molecular flexibility index (Phi) is 3.18. The Morgan fingerprint density at radius 2 is 2.10 bits per heavy atom. The average Bonchev–Trinajstić information content (AvgIpc) is 3.06. The fourth-order valence-electron chi connectivity index (χ4n) is 2.26. The Balaban J connectivity index is 1.79. The number of fused-ring (bicyclic) bond motifs is 2. The molecule has 4 rings (SSSR count). The molecule has 0 radical (unpaired) electrons. The van der Waals surface area contributed by atoms with E-state index in [1.54, 1.807) is 0 Å². The van der Waals surface area contributed by atoms with E-state index in [4.69, 9.17) is 0 Å². The number of rotatable bonds is 2. The third-order valence-corrected chi connectivity index (χ3v) is 6.83. The van der Waals surface area contributed by atoms with Gasteiger partial charge in [0, 0.05) is 0 Å². The van der Waals surface area contributed by atoms with Gasteiger partial charge in [-0.15, -0.1) is 0 Å². The molecule has 0 atom stereocenters. The summed E-state index contributed by atoms with van der Waals surface area (Å²) in [5.41, 5.74) is 2.42. The summed E-state index contributed by atoms with van der Waals surface area (Å²) in [6, 6.07) is 15.3. The summed E-state index contributed by atoms with van der Waals surface area (Å²) in [7, 11) is 0. The van der Waals surface area contributed by atoms with Crippen molar-refractivity contribution >= 4 is 44.7 Å². The topological polar surface area (TPSA) is 33.6 Å². The fourth-order valence-corrected chi connectivity index (χ4v) is 5.40. The number of hydrogen-bond acceptors (Lipinski definition) is 1. The molecule has 0 aliphatic rings. The fraction of sp³-hybridized carbons (Fsp3) is 0. The Morgan fingerprint density at radius 1 is 1.15 bits per heavy atom. The van der Waals surface area contributed by atoms with E-state index in [1.807, 2.05) is 15.3 Å². The molecule has 20 heavy (non-hydrogen) atoms. The van der Waals surface area contributed by atoms with E-state index in [1.165, 1.54) is 28.9 Å². The van der Waals surface area contributed by atoms with E-state index in [-0.39, 0.29) is 21.2 Å². The van der Waals surface area contributed by atoms with Crippen LogP contribution in [0.15, 0.2) is 54.9 Å². The summed E-state index contributed by atoms with van der Waals surface area (Å²) in [6.45, 7) is 0. The van der Waals surface area contributed by atoms with Gasteiger partial charge in [-0.05, 0) is 0 Å². The zero-order valence-electron chi connectivity index (χ0n) is 10.3. The SMILES string of the molecule is In1ncc2c([I-]c3ccc4cc[nH]c4c3)cccc21. The molecule has 3 nitrogen and oxygen atoms in total. The van der Waals surface area contributed by atoms with E-state index >= 15 is 0 Å². The van der Waals surface area contributed by atoms with Crippen LogP contribution < -0.4 is 21.2 Å². The Morgan fingerprint density at radius 3 is 3.05 bits per heavy atom. The second kappa shape index (κ2) is 5.03. The van der Waals surface area contributed by atoms with Crippen molar-refractivity contribution < 1.29 is 21.2 Å². The van der Waals surface area contributed by atoms with Crippen molar-refractivity contribution in [2.45, 2.75) is 0 Å². The first-order chi connectivity index (χ1) is 9.81. The summed E-state index contributed by atoms with van der Waals surface area (Å²) >= 11 is 2.03. The molecule has 0 spiro atoms. The molecule has 2 heterocycles. The van der Waals surface area contributed by atoms with E-state index < -0.39 is 0 Å². The summed E-state index contributed by atoms with van der Waals surface area (Å²) in [5, 5.41) is 6.91. The first-order valence-corrected chi connectivity index (χ1v) is 9.28. The van der Waals surface area contributed by atoms with Crippen LogP contribution in [0.25, 0.3) is 21.8 Å². The first-order valence-electron chi connectivity index (χ1n) is 6.16. The maximum atomic E-state index is 4.35. The van der Waals surface area contributed by atoms with Crippen molar-refractivity contribution in [2.24, 2.45) is 0 Å². The molecule has 0 saturated heterocycles. The number of aromatic amines is 1. The Labute approximate surface area is 140 Å².